The number of nitrogens with one attached hydrogen (secondary N) is 1. The Balaban J connectivity index is 2.03. The first-order valence-corrected chi connectivity index (χ1v) is 7.78. The van der Waals surface area contributed by atoms with Crippen LogP contribution in [0.5, 0.6) is 0 Å². The summed E-state index contributed by atoms with van der Waals surface area (Å²) < 4.78 is 0. The Labute approximate surface area is 128 Å². The third-order valence-electron chi connectivity index (χ3n) is 3.76. The van der Waals surface area contributed by atoms with Gasteiger partial charge in [0, 0.05) is 6.04 Å². The van der Waals surface area contributed by atoms with Crippen LogP contribution in [-0.4, -0.2) is 0 Å². The van der Waals surface area contributed by atoms with Gasteiger partial charge in [0.15, 0.2) is 0 Å². The molecule has 0 fully saturated rings. The van der Waals surface area contributed by atoms with Gasteiger partial charge in [0.1, 0.15) is 0 Å². The van der Waals surface area contributed by atoms with E-state index in [4.69, 9.17) is 5.84 Å². The van der Waals surface area contributed by atoms with Crippen molar-refractivity contribution in [3.8, 4) is 0 Å². The van der Waals surface area contributed by atoms with Gasteiger partial charge in [-0.05, 0) is 41.9 Å². The molecule has 0 spiro atoms. The molecular weight excluding hydrogens is 256 g/mol. The largest absolute Gasteiger partial charge is 0.271 e. The monoisotopic (exact) mass is 282 g/mol. The summed E-state index contributed by atoms with van der Waals surface area (Å²) in [6.45, 7) is 4.50. The second-order valence-electron chi connectivity index (χ2n) is 6.09. The molecule has 0 radical (unpaired) electrons. The predicted octanol–water partition coefficient (Wildman–Crippen LogP) is 4.02. The average molecular weight is 282 g/mol. The summed E-state index contributed by atoms with van der Waals surface area (Å²) in [6.07, 6.45) is 3.15. The van der Waals surface area contributed by atoms with Gasteiger partial charge in [-0.3, -0.25) is 11.3 Å². The number of hydrogen-bond acceptors (Lipinski definition) is 2. The molecule has 1 atom stereocenters. The molecule has 0 aliphatic heterocycles. The number of aryl methyl sites for hydroxylation is 1. The maximum absolute atomic E-state index is 5.77. The molecule has 21 heavy (non-hydrogen) atoms. The van der Waals surface area contributed by atoms with Gasteiger partial charge in [0.25, 0.3) is 0 Å². The van der Waals surface area contributed by atoms with Gasteiger partial charge in [-0.15, -0.1) is 0 Å². The van der Waals surface area contributed by atoms with Crippen LogP contribution in [0, 0.1) is 5.92 Å². The number of rotatable bonds is 7. The average Bonchev–Trinajstić information content (AvgIpc) is 2.49. The van der Waals surface area contributed by atoms with Gasteiger partial charge in [-0.25, -0.2) is 0 Å². The van der Waals surface area contributed by atoms with Crippen molar-refractivity contribution in [2.24, 2.45) is 11.8 Å². The molecule has 0 aliphatic carbocycles. The highest BCUT2D eigenvalue weighted by molar-refractivity contribution is 5.27. The zero-order valence-electron chi connectivity index (χ0n) is 13.0. The second-order valence-corrected chi connectivity index (χ2v) is 6.09. The first-order chi connectivity index (χ1) is 10.2. The molecule has 1 unspecified atom stereocenters. The highest BCUT2D eigenvalue weighted by atomic mass is 15.2. The molecule has 2 nitrogen and oxygen atoms in total. The van der Waals surface area contributed by atoms with Crippen LogP contribution in [0.1, 0.15) is 43.0 Å². The summed E-state index contributed by atoms with van der Waals surface area (Å²) in [5.41, 5.74) is 7.00. The molecule has 2 rings (SSSR count). The Morgan fingerprint density at radius 1 is 0.952 bits per heavy atom. The van der Waals surface area contributed by atoms with Crippen LogP contribution >= 0.6 is 0 Å². The Bertz CT molecular complexity index is 534. The topological polar surface area (TPSA) is 38.0 Å². The minimum Gasteiger partial charge on any atom is -0.271 e. The molecule has 0 saturated carbocycles. The van der Waals surface area contributed by atoms with Crippen LogP contribution in [0.25, 0.3) is 0 Å². The van der Waals surface area contributed by atoms with E-state index >= 15 is 0 Å². The van der Waals surface area contributed by atoms with E-state index in [1.807, 2.05) is 0 Å². The van der Waals surface area contributed by atoms with Crippen LogP contribution in [0.3, 0.4) is 0 Å². The summed E-state index contributed by atoms with van der Waals surface area (Å²) in [5, 5.41) is 0. The molecule has 2 heteroatoms. The van der Waals surface area contributed by atoms with E-state index in [0.717, 1.165) is 19.3 Å². The van der Waals surface area contributed by atoms with Crippen LogP contribution < -0.4 is 11.3 Å². The van der Waals surface area contributed by atoms with Gasteiger partial charge in [0.05, 0.1) is 0 Å². The molecule has 2 aromatic rings. The molecule has 0 saturated heterocycles. The lowest BCUT2D eigenvalue weighted by Crippen LogP contribution is -2.28. The smallest absolute Gasteiger partial charge is 0.0463 e. The van der Waals surface area contributed by atoms with Crippen molar-refractivity contribution in [1.82, 2.24) is 5.43 Å². The fourth-order valence-corrected chi connectivity index (χ4v) is 2.71. The Kier molecular flexibility index (Phi) is 5.97. The van der Waals surface area contributed by atoms with Crippen molar-refractivity contribution in [2.75, 3.05) is 0 Å². The lowest BCUT2D eigenvalue weighted by atomic mass is 9.95. The van der Waals surface area contributed by atoms with Gasteiger partial charge < -0.3 is 0 Å². The lowest BCUT2D eigenvalue weighted by molar-refractivity contribution is 0.515. The van der Waals surface area contributed by atoms with Crippen molar-refractivity contribution in [2.45, 2.75) is 39.2 Å². The number of benzene rings is 2. The van der Waals surface area contributed by atoms with Gasteiger partial charge in [0.2, 0.25) is 0 Å². The zero-order valence-corrected chi connectivity index (χ0v) is 13.0. The van der Waals surface area contributed by atoms with Crippen molar-refractivity contribution in [3.63, 3.8) is 0 Å². The SMILES string of the molecule is CC(C)Cc1cccc(C(CCc2ccccc2)NN)c1. The first kappa shape index (κ1) is 15.7. The van der Waals surface area contributed by atoms with Crippen LogP contribution in [-0.2, 0) is 12.8 Å². The van der Waals surface area contributed by atoms with E-state index in [-0.39, 0.29) is 6.04 Å². The molecule has 0 bridgehead atoms. The minimum atomic E-state index is 0.206. The fourth-order valence-electron chi connectivity index (χ4n) is 2.71. The Morgan fingerprint density at radius 3 is 2.33 bits per heavy atom. The van der Waals surface area contributed by atoms with Crippen LogP contribution in [0.2, 0.25) is 0 Å². The maximum atomic E-state index is 5.77. The summed E-state index contributed by atoms with van der Waals surface area (Å²) in [7, 11) is 0. The second kappa shape index (κ2) is 7.96. The van der Waals surface area contributed by atoms with Crippen molar-refractivity contribution in [3.05, 3.63) is 71.3 Å². The Morgan fingerprint density at radius 2 is 1.67 bits per heavy atom. The molecule has 2 aromatic carbocycles. The summed E-state index contributed by atoms with van der Waals surface area (Å²) in [4.78, 5) is 0. The third kappa shape index (κ3) is 5.00. The van der Waals surface area contributed by atoms with E-state index in [1.165, 1.54) is 16.7 Å². The standard InChI is InChI=1S/C19H26N2/c1-15(2)13-17-9-6-10-18(14-17)19(21-20)12-11-16-7-4-3-5-8-16/h3-10,14-15,19,21H,11-13,20H2,1-2H3. The normalized spacial score (nSPS) is 12.6. The highest BCUT2D eigenvalue weighted by Gasteiger charge is 2.10. The Hall–Kier alpha value is -1.64. The molecule has 0 heterocycles. The van der Waals surface area contributed by atoms with E-state index in [2.05, 4.69) is 73.9 Å². The molecule has 0 amide bonds. The predicted molar refractivity (Wildman–Crippen MR) is 89.8 cm³/mol. The molecular formula is C19H26N2. The fraction of sp³-hybridized carbons (Fsp3) is 0.368. The summed E-state index contributed by atoms with van der Waals surface area (Å²) in [5.74, 6) is 6.45. The van der Waals surface area contributed by atoms with Gasteiger partial charge in [-0.2, -0.15) is 0 Å². The van der Waals surface area contributed by atoms with Crippen LogP contribution in [0.4, 0.5) is 0 Å². The first-order valence-electron chi connectivity index (χ1n) is 7.78. The molecule has 0 aromatic heterocycles. The minimum absolute atomic E-state index is 0.206. The highest BCUT2D eigenvalue weighted by Crippen LogP contribution is 2.21. The molecule has 3 N–H and O–H groups in total. The zero-order chi connectivity index (χ0) is 15.1. The van der Waals surface area contributed by atoms with Crippen molar-refractivity contribution < 1.29 is 0 Å². The lowest BCUT2D eigenvalue weighted by Gasteiger charge is -2.18. The van der Waals surface area contributed by atoms with E-state index in [9.17, 15) is 0 Å². The van der Waals surface area contributed by atoms with E-state index in [1.54, 1.807) is 0 Å². The van der Waals surface area contributed by atoms with E-state index < -0.39 is 0 Å². The molecule has 112 valence electrons. The number of nitrogens with two attached hydrogens (primary N) is 1. The maximum Gasteiger partial charge on any atom is 0.0463 e. The van der Waals surface area contributed by atoms with Gasteiger partial charge >= 0.3 is 0 Å². The van der Waals surface area contributed by atoms with Crippen LogP contribution in [0.15, 0.2) is 54.6 Å². The van der Waals surface area contributed by atoms with Crippen molar-refractivity contribution in [1.29, 1.82) is 0 Å². The number of hydrazine groups is 1. The van der Waals surface area contributed by atoms with E-state index in [0.29, 0.717) is 5.92 Å². The third-order valence-corrected chi connectivity index (χ3v) is 3.76. The summed E-state index contributed by atoms with van der Waals surface area (Å²) >= 11 is 0. The van der Waals surface area contributed by atoms with Crippen molar-refractivity contribution >= 4 is 0 Å². The molecule has 0 aliphatic rings. The summed E-state index contributed by atoms with van der Waals surface area (Å²) in [6, 6.07) is 19.6. The quantitative estimate of drug-likeness (QED) is 0.594. The van der Waals surface area contributed by atoms with Gasteiger partial charge in [-0.1, -0.05) is 68.4 Å². The number of hydrogen-bond donors (Lipinski definition) is 2.